The third-order valence-corrected chi connectivity index (χ3v) is 0. The molecule has 0 rings (SSSR count). The summed E-state index contributed by atoms with van der Waals surface area (Å²) in [7, 11) is 0. The summed E-state index contributed by atoms with van der Waals surface area (Å²) in [5.74, 6) is 0. The normalized spacial score (nSPS) is 0. The molecule has 0 radical (unpaired) electrons. The molecule has 0 aromatic carbocycles. The summed E-state index contributed by atoms with van der Waals surface area (Å²) in [4.78, 5) is 0. The van der Waals surface area contributed by atoms with Crippen molar-refractivity contribution in [1.82, 2.24) is 0 Å². The van der Waals surface area contributed by atoms with Crippen LogP contribution in [0.15, 0.2) is 0 Å². The van der Waals surface area contributed by atoms with Crippen LogP contribution in [0.2, 0.25) is 0 Å². The van der Waals surface area contributed by atoms with Gasteiger partial charge < -0.3 is 0 Å². The Labute approximate surface area is 185 Å². The van der Waals surface area contributed by atoms with Crippen molar-refractivity contribution in [2.24, 2.45) is 0 Å². The summed E-state index contributed by atoms with van der Waals surface area (Å²) in [6, 6.07) is 0. The summed E-state index contributed by atoms with van der Waals surface area (Å²) >= 11 is 0. The second kappa shape index (κ2) is 64.4. The van der Waals surface area contributed by atoms with Crippen molar-refractivity contribution in [1.29, 1.82) is 0 Å². The molecule has 0 saturated heterocycles. The number of hydrogen-bond acceptors (Lipinski definition) is 0. The average Bonchev–Trinajstić information content (AvgIpc) is 0. The van der Waals surface area contributed by atoms with Gasteiger partial charge >= 0.3 is 0 Å². The molecule has 0 aliphatic heterocycles. The maximum absolute atomic E-state index is 0. The molecule has 0 saturated carbocycles. The van der Waals surface area contributed by atoms with E-state index in [1.165, 1.54) is 0 Å². The zero-order valence-corrected chi connectivity index (χ0v) is 30.1. The van der Waals surface area contributed by atoms with Gasteiger partial charge in [0, 0.05) is 190 Å². The van der Waals surface area contributed by atoms with Crippen LogP contribution in [0.25, 0.3) is 0 Å². The first kappa shape index (κ1) is 79.8. The standard InChI is InChI=1S/9W. The quantitative estimate of drug-likeness (QED) is 0.321. The summed E-state index contributed by atoms with van der Waals surface area (Å²) < 4.78 is 0. The van der Waals surface area contributed by atoms with Gasteiger partial charge in [-0.25, -0.2) is 0 Å². The molecular formula is W9. The molecule has 0 aliphatic rings. The first-order valence-corrected chi connectivity index (χ1v) is 0. The largest absolute Gasteiger partial charge is 0 e. The van der Waals surface area contributed by atoms with Crippen LogP contribution in [-0.4, -0.2) is 0 Å². The fraction of sp³-hybridized carbons (Fsp3) is 0. The molecule has 0 aliphatic carbocycles. The third kappa shape index (κ3) is 55.0. The molecule has 0 atom stereocenters. The van der Waals surface area contributed by atoms with E-state index in [0.29, 0.717) is 0 Å². The van der Waals surface area contributed by atoms with Gasteiger partial charge in [0.15, 0.2) is 0 Å². The summed E-state index contributed by atoms with van der Waals surface area (Å²) in [6.45, 7) is 0. The predicted octanol–water partition coefficient (Wildman–Crippen LogP) is -0.0225. The smallest absolute Gasteiger partial charge is 0 e. The van der Waals surface area contributed by atoms with Gasteiger partial charge in [-0.1, -0.05) is 0 Å². The van der Waals surface area contributed by atoms with Crippen molar-refractivity contribution in [3.63, 3.8) is 0 Å². The molecule has 0 aromatic heterocycles. The van der Waals surface area contributed by atoms with Crippen LogP contribution in [0.4, 0.5) is 0 Å². The second-order valence-electron chi connectivity index (χ2n) is 0. The van der Waals surface area contributed by atoms with Crippen LogP contribution in [0.3, 0.4) is 0 Å². The monoisotopic (exact) mass is 1660 g/mol. The zero-order valence-electron chi connectivity index (χ0n) is 3.67. The van der Waals surface area contributed by atoms with Gasteiger partial charge in [-0.15, -0.1) is 0 Å². The van der Waals surface area contributed by atoms with Gasteiger partial charge in [-0.3, -0.25) is 0 Å². The van der Waals surface area contributed by atoms with E-state index >= 15 is 0 Å². The Kier molecular flexibility index (Phi) is 571. The van der Waals surface area contributed by atoms with E-state index in [4.69, 9.17) is 0 Å². The van der Waals surface area contributed by atoms with Gasteiger partial charge in [-0.05, 0) is 0 Å². The maximum Gasteiger partial charge on any atom is 0 e. The first-order chi connectivity index (χ1) is 0. The molecule has 0 heterocycles. The number of hydrogen-bond donors (Lipinski definition) is 0. The fourth-order valence-corrected chi connectivity index (χ4v) is 0. The molecule has 9 heteroatoms. The fourth-order valence-electron chi connectivity index (χ4n) is 0. The SMILES string of the molecule is [W].[W].[W].[W].[W].[W].[W].[W].[W]. The van der Waals surface area contributed by atoms with E-state index in [1.54, 1.807) is 0 Å². The minimum Gasteiger partial charge on any atom is 0 e. The Balaban J connectivity index is 0. The van der Waals surface area contributed by atoms with E-state index in [9.17, 15) is 0 Å². The molecule has 0 bridgehead atoms. The molecule has 0 nitrogen and oxygen atoms in total. The molecule has 0 unspecified atom stereocenters. The van der Waals surface area contributed by atoms with Crippen molar-refractivity contribution in [3.05, 3.63) is 0 Å². The Morgan fingerprint density at radius 2 is 0.111 bits per heavy atom. The van der Waals surface area contributed by atoms with Crippen molar-refractivity contribution >= 4 is 0 Å². The summed E-state index contributed by atoms with van der Waals surface area (Å²) in [5.41, 5.74) is 0. The minimum absolute atomic E-state index is 0. The van der Waals surface area contributed by atoms with Crippen molar-refractivity contribution in [3.8, 4) is 0 Å². The predicted molar refractivity (Wildman–Crippen MR) is 0 cm³/mol. The zero-order chi connectivity index (χ0) is 0. The van der Waals surface area contributed by atoms with Crippen LogP contribution in [0, 0.1) is 0 Å². The maximum atomic E-state index is 0. The van der Waals surface area contributed by atoms with Crippen LogP contribution in [-0.2, 0) is 190 Å². The number of rotatable bonds is 0. The minimum atomic E-state index is 0. The van der Waals surface area contributed by atoms with Gasteiger partial charge in [0.25, 0.3) is 0 Å². The Hall–Kier alpha value is 6.19. The van der Waals surface area contributed by atoms with E-state index in [2.05, 4.69) is 0 Å². The molecule has 0 aromatic rings. The Morgan fingerprint density at radius 3 is 0.111 bits per heavy atom. The topological polar surface area (TPSA) is 0 Å². The molecule has 0 N–H and O–H groups in total. The first-order valence-electron chi connectivity index (χ1n) is 0. The van der Waals surface area contributed by atoms with E-state index in [1.807, 2.05) is 0 Å². The summed E-state index contributed by atoms with van der Waals surface area (Å²) in [5, 5.41) is 0. The van der Waals surface area contributed by atoms with E-state index < -0.39 is 0 Å². The average molecular weight is 1650 g/mol. The molecule has 9 heavy (non-hydrogen) atoms. The molecule has 0 spiro atoms. The summed E-state index contributed by atoms with van der Waals surface area (Å²) in [6.07, 6.45) is 0. The van der Waals surface area contributed by atoms with Crippen LogP contribution >= 0.6 is 0 Å². The van der Waals surface area contributed by atoms with Gasteiger partial charge in [0.05, 0.1) is 0 Å². The molecular weight excluding hydrogens is 1650 g/mol. The van der Waals surface area contributed by atoms with Gasteiger partial charge in [0.1, 0.15) is 0 Å². The third-order valence-electron chi connectivity index (χ3n) is 0. The van der Waals surface area contributed by atoms with Crippen molar-refractivity contribution < 1.29 is 190 Å². The van der Waals surface area contributed by atoms with Gasteiger partial charge in [-0.2, -0.15) is 0 Å². The van der Waals surface area contributed by atoms with E-state index in [-0.39, 0.29) is 190 Å². The van der Waals surface area contributed by atoms with E-state index in [0.717, 1.165) is 0 Å². The van der Waals surface area contributed by atoms with Crippen LogP contribution in [0.1, 0.15) is 0 Å². The molecule has 0 fully saturated rings. The van der Waals surface area contributed by atoms with Gasteiger partial charge in [0.2, 0.25) is 0 Å². The van der Waals surface area contributed by atoms with Crippen molar-refractivity contribution in [2.45, 2.75) is 0 Å². The van der Waals surface area contributed by atoms with Crippen LogP contribution < -0.4 is 0 Å². The van der Waals surface area contributed by atoms with Crippen LogP contribution in [0.5, 0.6) is 0 Å². The van der Waals surface area contributed by atoms with Crippen molar-refractivity contribution in [2.75, 3.05) is 0 Å². The Bertz CT molecular complexity index is 0. The molecule has 54 valence electrons. The Morgan fingerprint density at radius 1 is 0.111 bits per heavy atom. The second-order valence-corrected chi connectivity index (χ2v) is 0. The molecule has 0 amide bonds.